The van der Waals surface area contributed by atoms with Gasteiger partial charge in [0.25, 0.3) is 5.91 Å². The van der Waals surface area contributed by atoms with Gasteiger partial charge < -0.3 is 30.1 Å². The minimum atomic E-state index is -1.03. The van der Waals surface area contributed by atoms with E-state index in [4.69, 9.17) is 9.47 Å². The summed E-state index contributed by atoms with van der Waals surface area (Å²) in [6, 6.07) is 13.7. The van der Waals surface area contributed by atoms with Gasteiger partial charge in [0.1, 0.15) is 24.0 Å². The molecule has 2 aromatic rings. The lowest BCUT2D eigenvalue weighted by Gasteiger charge is -2.34. The van der Waals surface area contributed by atoms with Crippen LogP contribution < -0.4 is 20.3 Å². The third-order valence-electron chi connectivity index (χ3n) is 5.80. The van der Waals surface area contributed by atoms with E-state index in [0.29, 0.717) is 30.0 Å². The summed E-state index contributed by atoms with van der Waals surface area (Å²) in [5.74, 6) is 4.26. The Labute approximate surface area is 203 Å². The van der Waals surface area contributed by atoms with Crippen molar-refractivity contribution in [2.75, 3.05) is 38.3 Å². The number of hydrogen-bond donors (Lipinski definition) is 3. The number of fused-ring (bicyclic) bond motifs is 1. The molecule has 3 amide bonds. The van der Waals surface area contributed by atoms with Crippen LogP contribution in [0.1, 0.15) is 17.5 Å². The number of rotatable bonds is 5. The van der Waals surface area contributed by atoms with Crippen LogP contribution in [-0.4, -0.2) is 67.9 Å². The van der Waals surface area contributed by atoms with Crippen molar-refractivity contribution in [3.8, 4) is 17.6 Å². The van der Waals surface area contributed by atoms with Crippen LogP contribution in [0.15, 0.2) is 48.5 Å². The van der Waals surface area contributed by atoms with E-state index in [0.717, 1.165) is 5.56 Å². The molecule has 0 aromatic heterocycles. The summed E-state index contributed by atoms with van der Waals surface area (Å²) in [5.41, 5.74) is 1.29. The van der Waals surface area contributed by atoms with E-state index in [1.807, 2.05) is 30.3 Å². The van der Waals surface area contributed by atoms with Crippen LogP contribution >= 0.6 is 0 Å². The molecule has 0 radical (unpaired) electrons. The Kier molecular flexibility index (Phi) is 7.34. The predicted molar refractivity (Wildman–Crippen MR) is 128 cm³/mol. The maximum absolute atomic E-state index is 13.0. The molecule has 1 saturated heterocycles. The van der Waals surface area contributed by atoms with Gasteiger partial charge in [0, 0.05) is 25.6 Å². The summed E-state index contributed by atoms with van der Waals surface area (Å²) in [6.45, 7) is 0.729. The number of benzene rings is 2. The van der Waals surface area contributed by atoms with Crippen molar-refractivity contribution in [3.63, 3.8) is 0 Å². The number of nitrogens with zero attached hydrogens (tertiary/aromatic N) is 1. The van der Waals surface area contributed by atoms with Crippen molar-refractivity contribution in [1.82, 2.24) is 10.6 Å². The van der Waals surface area contributed by atoms with Crippen molar-refractivity contribution in [1.29, 1.82) is 0 Å². The van der Waals surface area contributed by atoms with Crippen molar-refractivity contribution >= 4 is 23.4 Å². The predicted octanol–water partition coefficient (Wildman–Crippen LogP) is 0.388. The Hall–Kier alpha value is -3.87. The first-order valence-corrected chi connectivity index (χ1v) is 11.3. The zero-order chi connectivity index (χ0) is 24.8. The number of anilines is 1. The van der Waals surface area contributed by atoms with Gasteiger partial charge in [0.05, 0.1) is 18.9 Å². The number of nitrogens with one attached hydrogen (secondary N) is 2. The molecule has 0 aliphatic carbocycles. The quantitative estimate of drug-likeness (QED) is 0.424. The first kappa shape index (κ1) is 24.3. The van der Waals surface area contributed by atoms with Gasteiger partial charge in [-0.3, -0.25) is 14.4 Å². The molecule has 182 valence electrons. The average Bonchev–Trinajstić information content (AvgIpc) is 2.95. The Bertz CT molecular complexity index is 1170. The van der Waals surface area contributed by atoms with E-state index in [1.54, 1.807) is 25.2 Å². The fraction of sp³-hybridized carbons (Fsp3) is 0.346. The smallest absolute Gasteiger partial charge is 0.310 e. The molecular weight excluding hydrogens is 450 g/mol. The van der Waals surface area contributed by atoms with Gasteiger partial charge in [-0.2, -0.15) is 0 Å². The zero-order valence-electron chi connectivity index (χ0n) is 19.4. The highest BCUT2D eigenvalue weighted by molar-refractivity contribution is 6.35. The molecule has 0 spiro atoms. The fourth-order valence-corrected chi connectivity index (χ4v) is 3.70. The molecule has 1 atom stereocenters. The second-order valence-corrected chi connectivity index (χ2v) is 8.60. The molecule has 3 N–H and O–H groups in total. The number of carbonyl (C=O) groups excluding carboxylic acids is 3. The fourth-order valence-electron chi connectivity index (χ4n) is 3.70. The topological polar surface area (TPSA) is 117 Å². The van der Waals surface area contributed by atoms with Crippen molar-refractivity contribution in [2.45, 2.75) is 24.5 Å². The van der Waals surface area contributed by atoms with Crippen LogP contribution in [0.3, 0.4) is 0 Å². The van der Waals surface area contributed by atoms with E-state index in [-0.39, 0.29) is 26.2 Å². The van der Waals surface area contributed by atoms with Gasteiger partial charge in [0.2, 0.25) is 0 Å². The first-order chi connectivity index (χ1) is 16.8. The Morgan fingerprint density at radius 3 is 2.66 bits per heavy atom. The third kappa shape index (κ3) is 5.98. The lowest BCUT2D eigenvalue weighted by atomic mass is 9.98. The van der Waals surface area contributed by atoms with Crippen LogP contribution in [0.25, 0.3) is 0 Å². The second kappa shape index (κ2) is 10.6. The standard InChI is InChI=1S/C26H27N3O6/c1-29-21-14-19(8-5-12-26(33)16-34-17-26)9-10-22(21)35-15-20(25(29)32)28-24(31)23(30)27-13-11-18-6-3-2-4-7-18/h2-4,6-7,9-10,14,20,33H,11-13,15-17H2,1H3,(H,27,30)(H,28,31)/t20-/m0/s1. The molecule has 9 nitrogen and oxygen atoms in total. The number of aliphatic hydroxyl groups is 1. The lowest BCUT2D eigenvalue weighted by Crippen LogP contribution is -2.53. The minimum absolute atomic E-state index is 0.114. The van der Waals surface area contributed by atoms with Crippen LogP contribution in [0.2, 0.25) is 0 Å². The SMILES string of the molecule is CN1C(=O)[C@@H](NC(=O)C(=O)NCCc2ccccc2)COc2ccc(C#CCC3(O)COC3)cc21. The molecule has 0 unspecified atom stereocenters. The van der Waals surface area contributed by atoms with E-state index in [1.165, 1.54) is 4.90 Å². The van der Waals surface area contributed by atoms with E-state index >= 15 is 0 Å². The van der Waals surface area contributed by atoms with Crippen molar-refractivity contribution in [3.05, 3.63) is 59.7 Å². The summed E-state index contributed by atoms with van der Waals surface area (Å²) in [7, 11) is 1.57. The van der Waals surface area contributed by atoms with Crippen molar-refractivity contribution in [2.24, 2.45) is 0 Å². The molecule has 0 bridgehead atoms. The molecule has 35 heavy (non-hydrogen) atoms. The zero-order valence-corrected chi connectivity index (χ0v) is 19.4. The number of ether oxygens (including phenoxy) is 2. The maximum atomic E-state index is 13.0. The molecule has 2 heterocycles. The van der Waals surface area contributed by atoms with Gasteiger partial charge in [-0.05, 0) is 30.2 Å². The van der Waals surface area contributed by atoms with E-state index in [9.17, 15) is 19.5 Å². The van der Waals surface area contributed by atoms with Crippen LogP contribution in [0.4, 0.5) is 5.69 Å². The maximum Gasteiger partial charge on any atom is 0.310 e. The number of hydrogen-bond acceptors (Lipinski definition) is 6. The third-order valence-corrected chi connectivity index (χ3v) is 5.80. The molecule has 2 aliphatic rings. The molecule has 9 heteroatoms. The minimum Gasteiger partial charge on any atom is -0.489 e. The number of amides is 3. The summed E-state index contributed by atoms with van der Waals surface area (Å²) in [4.78, 5) is 38.9. The van der Waals surface area contributed by atoms with Crippen LogP contribution in [0, 0.1) is 11.8 Å². The molecule has 2 aliphatic heterocycles. The van der Waals surface area contributed by atoms with Gasteiger partial charge in [-0.1, -0.05) is 42.2 Å². The molecule has 2 aromatic carbocycles. The summed E-state index contributed by atoms with van der Waals surface area (Å²) in [5, 5.41) is 15.1. The molecule has 0 saturated carbocycles. The van der Waals surface area contributed by atoms with Gasteiger partial charge in [-0.25, -0.2) is 0 Å². The highest BCUT2D eigenvalue weighted by Crippen LogP contribution is 2.31. The van der Waals surface area contributed by atoms with E-state index < -0.39 is 29.4 Å². The number of likely N-dealkylation sites (N-methyl/N-ethyl adjacent to an activating group) is 1. The number of carbonyl (C=O) groups is 3. The van der Waals surface area contributed by atoms with Crippen LogP contribution in [0.5, 0.6) is 5.75 Å². The molecule has 4 rings (SSSR count). The summed E-state index contributed by atoms with van der Waals surface area (Å²) in [6.07, 6.45) is 0.874. The van der Waals surface area contributed by atoms with Crippen molar-refractivity contribution < 1.29 is 29.0 Å². The lowest BCUT2D eigenvalue weighted by molar-refractivity contribution is -0.174. The van der Waals surface area contributed by atoms with E-state index in [2.05, 4.69) is 22.5 Å². The average molecular weight is 478 g/mol. The highest BCUT2D eigenvalue weighted by Gasteiger charge is 2.35. The highest BCUT2D eigenvalue weighted by atomic mass is 16.5. The van der Waals surface area contributed by atoms with Gasteiger partial charge in [0.15, 0.2) is 0 Å². The molecule has 1 fully saturated rings. The monoisotopic (exact) mass is 477 g/mol. The van der Waals surface area contributed by atoms with Crippen LogP contribution in [-0.2, 0) is 25.5 Å². The Morgan fingerprint density at radius 1 is 1.17 bits per heavy atom. The summed E-state index contributed by atoms with van der Waals surface area (Å²) < 4.78 is 10.8. The Balaban J connectivity index is 1.34. The van der Waals surface area contributed by atoms with Gasteiger partial charge >= 0.3 is 11.8 Å². The molecular formula is C26H27N3O6. The Morgan fingerprint density at radius 2 is 1.94 bits per heavy atom. The second-order valence-electron chi connectivity index (χ2n) is 8.60. The summed E-state index contributed by atoms with van der Waals surface area (Å²) >= 11 is 0. The normalized spacial score (nSPS) is 18.1. The largest absolute Gasteiger partial charge is 0.489 e. The van der Waals surface area contributed by atoms with Gasteiger partial charge in [-0.15, -0.1) is 0 Å². The first-order valence-electron chi connectivity index (χ1n) is 11.3.